The van der Waals surface area contributed by atoms with Gasteiger partial charge in [-0.2, -0.15) is 0 Å². The summed E-state index contributed by atoms with van der Waals surface area (Å²) in [6.07, 6.45) is 1.40. The lowest BCUT2D eigenvalue weighted by Gasteiger charge is -2.15. The molecule has 0 spiro atoms. The number of rotatable bonds is 7. The molecule has 2 aromatic rings. The quantitative estimate of drug-likeness (QED) is 0.789. The van der Waals surface area contributed by atoms with E-state index in [2.05, 4.69) is 24.4 Å². The zero-order valence-corrected chi connectivity index (χ0v) is 14.1. The van der Waals surface area contributed by atoms with Gasteiger partial charge in [-0.05, 0) is 62.4 Å². The van der Waals surface area contributed by atoms with Gasteiger partial charge >= 0.3 is 0 Å². The molecule has 0 saturated carbocycles. The maximum Gasteiger partial charge on any atom is 0.260 e. The van der Waals surface area contributed by atoms with Gasteiger partial charge in [-0.15, -0.1) is 0 Å². The molecule has 122 valence electrons. The van der Waals surface area contributed by atoms with Gasteiger partial charge in [-0.3, -0.25) is 4.79 Å². The Balaban J connectivity index is 1.73. The maximum atomic E-state index is 12.1. The van der Waals surface area contributed by atoms with Crippen LogP contribution in [0.25, 0.3) is 0 Å². The van der Waals surface area contributed by atoms with E-state index >= 15 is 0 Å². The summed E-state index contributed by atoms with van der Waals surface area (Å²) in [7, 11) is 0. The van der Waals surface area contributed by atoms with Crippen LogP contribution in [0.4, 0.5) is 0 Å². The SMILES string of the molecule is Cc1ccc(O[C@H](C)C(=O)NCCCc2ccccc2)cc1C. The third kappa shape index (κ3) is 5.44. The minimum Gasteiger partial charge on any atom is -0.481 e. The highest BCUT2D eigenvalue weighted by atomic mass is 16.5. The topological polar surface area (TPSA) is 38.3 Å². The first-order valence-electron chi connectivity index (χ1n) is 8.12. The van der Waals surface area contributed by atoms with Crippen LogP contribution in [0.15, 0.2) is 48.5 Å². The molecule has 0 saturated heterocycles. The van der Waals surface area contributed by atoms with Crippen molar-refractivity contribution < 1.29 is 9.53 Å². The van der Waals surface area contributed by atoms with Crippen molar-refractivity contribution >= 4 is 5.91 Å². The van der Waals surface area contributed by atoms with Crippen molar-refractivity contribution in [2.24, 2.45) is 0 Å². The van der Waals surface area contributed by atoms with E-state index in [4.69, 9.17) is 4.74 Å². The molecule has 3 nitrogen and oxygen atoms in total. The van der Waals surface area contributed by atoms with E-state index in [1.807, 2.05) is 43.3 Å². The van der Waals surface area contributed by atoms with E-state index in [9.17, 15) is 4.79 Å². The standard InChI is InChI=1S/C20H25NO2/c1-15-11-12-19(14-16(15)2)23-17(3)20(22)21-13-7-10-18-8-5-4-6-9-18/h4-6,8-9,11-12,14,17H,7,10,13H2,1-3H3,(H,21,22)/t17-/m1/s1. The smallest absolute Gasteiger partial charge is 0.260 e. The number of nitrogens with one attached hydrogen (secondary N) is 1. The van der Waals surface area contributed by atoms with Crippen molar-refractivity contribution in [2.45, 2.75) is 39.7 Å². The van der Waals surface area contributed by atoms with E-state index in [0.717, 1.165) is 24.2 Å². The van der Waals surface area contributed by atoms with Crippen molar-refractivity contribution in [3.8, 4) is 5.75 Å². The molecule has 23 heavy (non-hydrogen) atoms. The second-order valence-corrected chi connectivity index (χ2v) is 5.89. The first-order chi connectivity index (χ1) is 11.1. The third-order valence-corrected chi connectivity index (χ3v) is 3.94. The fourth-order valence-corrected chi connectivity index (χ4v) is 2.34. The van der Waals surface area contributed by atoms with Gasteiger partial charge in [0.15, 0.2) is 6.10 Å². The average Bonchev–Trinajstić information content (AvgIpc) is 2.55. The number of hydrogen-bond donors (Lipinski definition) is 1. The van der Waals surface area contributed by atoms with Gasteiger partial charge < -0.3 is 10.1 Å². The summed E-state index contributed by atoms with van der Waals surface area (Å²) in [5, 5.41) is 2.93. The van der Waals surface area contributed by atoms with Crippen LogP contribution in [0.5, 0.6) is 5.75 Å². The first-order valence-corrected chi connectivity index (χ1v) is 8.12. The number of aryl methyl sites for hydroxylation is 3. The summed E-state index contributed by atoms with van der Waals surface area (Å²) in [5.41, 5.74) is 3.68. The Morgan fingerprint density at radius 2 is 1.83 bits per heavy atom. The third-order valence-electron chi connectivity index (χ3n) is 3.94. The molecule has 1 N–H and O–H groups in total. The highest BCUT2D eigenvalue weighted by Crippen LogP contribution is 2.17. The number of amides is 1. The lowest BCUT2D eigenvalue weighted by Crippen LogP contribution is -2.36. The van der Waals surface area contributed by atoms with Crippen molar-refractivity contribution in [1.82, 2.24) is 5.32 Å². The van der Waals surface area contributed by atoms with E-state index in [1.54, 1.807) is 6.92 Å². The van der Waals surface area contributed by atoms with Crippen LogP contribution in [0, 0.1) is 13.8 Å². The molecule has 0 aromatic heterocycles. The Morgan fingerprint density at radius 1 is 1.09 bits per heavy atom. The zero-order valence-electron chi connectivity index (χ0n) is 14.1. The lowest BCUT2D eigenvalue weighted by atomic mass is 10.1. The van der Waals surface area contributed by atoms with Crippen LogP contribution in [-0.2, 0) is 11.2 Å². The van der Waals surface area contributed by atoms with Gasteiger partial charge in [0.1, 0.15) is 5.75 Å². The summed E-state index contributed by atoms with van der Waals surface area (Å²) >= 11 is 0. The maximum absolute atomic E-state index is 12.1. The lowest BCUT2D eigenvalue weighted by molar-refractivity contribution is -0.127. The molecule has 0 radical (unpaired) electrons. The van der Waals surface area contributed by atoms with Crippen molar-refractivity contribution in [3.63, 3.8) is 0 Å². The Morgan fingerprint density at radius 3 is 2.52 bits per heavy atom. The molecule has 0 bridgehead atoms. The van der Waals surface area contributed by atoms with Gasteiger partial charge in [0.2, 0.25) is 0 Å². The molecular weight excluding hydrogens is 286 g/mol. The van der Waals surface area contributed by atoms with Crippen molar-refractivity contribution in [3.05, 3.63) is 65.2 Å². The van der Waals surface area contributed by atoms with Gasteiger partial charge in [0.05, 0.1) is 0 Å². The van der Waals surface area contributed by atoms with Gasteiger partial charge in [0.25, 0.3) is 5.91 Å². The van der Waals surface area contributed by atoms with Crippen LogP contribution in [0.2, 0.25) is 0 Å². The second-order valence-electron chi connectivity index (χ2n) is 5.89. The van der Waals surface area contributed by atoms with Crippen molar-refractivity contribution in [2.75, 3.05) is 6.54 Å². The average molecular weight is 311 g/mol. The molecule has 0 fully saturated rings. The van der Waals surface area contributed by atoms with Gasteiger partial charge in [-0.1, -0.05) is 36.4 Å². The minimum atomic E-state index is -0.492. The molecule has 3 heteroatoms. The molecule has 0 unspecified atom stereocenters. The number of ether oxygens (including phenoxy) is 1. The number of benzene rings is 2. The van der Waals surface area contributed by atoms with E-state index in [-0.39, 0.29) is 5.91 Å². The number of hydrogen-bond acceptors (Lipinski definition) is 2. The van der Waals surface area contributed by atoms with Crippen molar-refractivity contribution in [1.29, 1.82) is 0 Å². The second kappa shape index (κ2) is 8.37. The van der Waals surface area contributed by atoms with Crippen LogP contribution < -0.4 is 10.1 Å². The Bertz CT molecular complexity index is 637. The predicted molar refractivity (Wildman–Crippen MR) is 93.8 cm³/mol. The Hall–Kier alpha value is -2.29. The zero-order chi connectivity index (χ0) is 16.7. The summed E-state index contributed by atoms with van der Waals surface area (Å²) in [6.45, 7) is 6.54. The van der Waals surface area contributed by atoms with Crippen LogP contribution in [-0.4, -0.2) is 18.6 Å². The molecule has 2 aromatic carbocycles. The molecule has 1 atom stereocenters. The van der Waals surface area contributed by atoms with Crippen LogP contribution in [0.3, 0.4) is 0 Å². The Labute approximate surface area is 138 Å². The van der Waals surface area contributed by atoms with E-state index in [1.165, 1.54) is 11.1 Å². The highest BCUT2D eigenvalue weighted by molar-refractivity contribution is 5.80. The van der Waals surface area contributed by atoms with E-state index in [0.29, 0.717) is 6.54 Å². The molecule has 0 aliphatic heterocycles. The minimum absolute atomic E-state index is 0.0729. The van der Waals surface area contributed by atoms with Gasteiger partial charge in [0, 0.05) is 6.54 Å². The van der Waals surface area contributed by atoms with Crippen LogP contribution >= 0.6 is 0 Å². The molecule has 0 aliphatic carbocycles. The van der Waals surface area contributed by atoms with E-state index < -0.39 is 6.10 Å². The predicted octanol–water partition coefficient (Wildman–Crippen LogP) is 3.82. The largest absolute Gasteiger partial charge is 0.481 e. The fraction of sp³-hybridized carbons (Fsp3) is 0.350. The monoisotopic (exact) mass is 311 g/mol. The summed E-state index contributed by atoms with van der Waals surface area (Å²) in [5.74, 6) is 0.663. The molecule has 2 rings (SSSR count). The molecule has 1 amide bonds. The molecular formula is C20H25NO2. The highest BCUT2D eigenvalue weighted by Gasteiger charge is 2.14. The molecule has 0 aliphatic rings. The molecule has 0 heterocycles. The Kier molecular flexibility index (Phi) is 6.21. The first kappa shape index (κ1) is 17.1. The summed E-state index contributed by atoms with van der Waals surface area (Å²) < 4.78 is 5.72. The fourth-order valence-electron chi connectivity index (χ4n) is 2.34. The number of carbonyl (C=O) groups excluding carboxylic acids is 1. The number of carbonyl (C=O) groups is 1. The summed E-state index contributed by atoms with van der Waals surface area (Å²) in [4.78, 5) is 12.1. The van der Waals surface area contributed by atoms with Gasteiger partial charge in [-0.25, -0.2) is 0 Å². The van der Waals surface area contributed by atoms with Crippen LogP contribution in [0.1, 0.15) is 30.0 Å². The summed E-state index contributed by atoms with van der Waals surface area (Å²) in [6, 6.07) is 16.2. The normalized spacial score (nSPS) is 11.8.